The highest BCUT2D eigenvalue weighted by Crippen LogP contribution is 2.15. The summed E-state index contributed by atoms with van der Waals surface area (Å²) < 4.78 is 31.5. The van der Waals surface area contributed by atoms with Crippen molar-refractivity contribution >= 4 is 35.8 Å². The first-order chi connectivity index (χ1) is 4.39. The van der Waals surface area contributed by atoms with Crippen LogP contribution in [-0.4, -0.2) is 17.9 Å². The lowest BCUT2D eigenvalue weighted by Gasteiger charge is -2.05. The maximum atomic E-state index is 12.1. The standard InChI is InChI=1S/C2HBrClFN2O2S/c3-2(1-6)7(5)10(4,8)9/h2H. The molecule has 0 aliphatic rings. The lowest BCUT2D eigenvalue weighted by Crippen LogP contribution is -2.24. The Morgan fingerprint density at radius 3 is 2.30 bits per heavy atom. The topological polar surface area (TPSA) is 61.2 Å². The summed E-state index contributed by atoms with van der Waals surface area (Å²) in [7, 11) is 0.0546. The quantitative estimate of drug-likeness (QED) is 0.317. The lowest BCUT2D eigenvalue weighted by atomic mass is 10.8. The number of nitriles is 1. The Balaban J connectivity index is 4.42. The molecule has 0 aliphatic carbocycles. The van der Waals surface area contributed by atoms with E-state index < -0.39 is 18.7 Å². The van der Waals surface area contributed by atoms with Crippen molar-refractivity contribution < 1.29 is 12.9 Å². The molecule has 8 heteroatoms. The van der Waals surface area contributed by atoms with E-state index in [1.807, 2.05) is 0 Å². The Morgan fingerprint density at radius 2 is 2.20 bits per heavy atom. The van der Waals surface area contributed by atoms with Crippen LogP contribution < -0.4 is 0 Å². The van der Waals surface area contributed by atoms with Crippen LogP contribution >= 0.6 is 26.6 Å². The average Bonchev–Trinajstić information content (AvgIpc) is 1.83. The van der Waals surface area contributed by atoms with Crippen molar-refractivity contribution in [3.8, 4) is 6.07 Å². The molecule has 0 aromatic rings. The summed E-state index contributed by atoms with van der Waals surface area (Å²) in [5.74, 6) is 0. The zero-order valence-electron chi connectivity index (χ0n) is 4.33. The summed E-state index contributed by atoms with van der Waals surface area (Å²) >= 11 is 2.40. The van der Waals surface area contributed by atoms with E-state index in [0.29, 0.717) is 0 Å². The molecule has 0 spiro atoms. The molecule has 0 bridgehead atoms. The molecule has 0 saturated carbocycles. The lowest BCUT2D eigenvalue weighted by molar-refractivity contribution is 0.152. The molecule has 0 N–H and O–H groups in total. The summed E-state index contributed by atoms with van der Waals surface area (Å²) in [4.78, 5) is -1.57. The molecular formula is C2HBrClFN2O2S. The first kappa shape index (κ1) is 10.1. The summed E-state index contributed by atoms with van der Waals surface area (Å²) in [6.45, 7) is 0. The molecule has 10 heavy (non-hydrogen) atoms. The van der Waals surface area contributed by atoms with Crippen LogP contribution in [0.25, 0.3) is 0 Å². The minimum absolute atomic E-state index is 0.797. The molecule has 4 nitrogen and oxygen atoms in total. The van der Waals surface area contributed by atoms with Crippen LogP contribution in [0.5, 0.6) is 0 Å². The molecule has 58 valence electrons. The predicted octanol–water partition coefficient (Wildman–Crippen LogP) is 0.901. The second-order valence-corrected chi connectivity index (χ2v) is 4.36. The normalized spacial score (nSPS) is 14.7. The van der Waals surface area contributed by atoms with Gasteiger partial charge in [0.05, 0.1) is 6.07 Å². The van der Waals surface area contributed by atoms with Crippen LogP contribution in [0.15, 0.2) is 0 Å². The zero-order valence-corrected chi connectivity index (χ0v) is 7.49. The maximum absolute atomic E-state index is 12.1. The second kappa shape index (κ2) is 3.48. The van der Waals surface area contributed by atoms with Crippen molar-refractivity contribution in [2.45, 2.75) is 4.95 Å². The van der Waals surface area contributed by atoms with Gasteiger partial charge in [0.2, 0.25) is 0 Å². The number of hydrogen-bond donors (Lipinski definition) is 0. The molecule has 0 rings (SSSR count). The van der Waals surface area contributed by atoms with Crippen molar-refractivity contribution in [3.05, 3.63) is 0 Å². The molecule has 0 radical (unpaired) electrons. The largest absolute Gasteiger partial charge is 0.328 e. The highest BCUT2D eigenvalue weighted by molar-refractivity contribution is 9.09. The number of alkyl halides is 1. The Kier molecular flexibility index (Phi) is 3.51. The second-order valence-electron chi connectivity index (χ2n) is 1.15. The number of rotatable bonds is 2. The average molecular weight is 251 g/mol. The van der Waals surface area contributed by atoms with Gasteiger partial charge in [0.15, 0.2) is 4.95 Å². The highest BCUT2D eigenvalue weighted by Gasteiger charge is 2.26. The van der Waals surface area contributed by atoms with Gasteiger partial charge in [0.25, 0.3) is 0 Å². The van der Waals surface area contributed by atoms with Gasteiger partial charge in [-0.3, -0.25) is 0 Å². The van der Waals surface area contributed by atoms with Crippen molar-refractivity contribution in [2.75, 3.05) is 0 Å². The Labute approximate surface area is 69.8 Å². The van der Waals surface area contributed by atoms with Gasteiger partial charge in [-0.1, -0.05) is 15.9 Å². The third-order valence-electron chi connectivity index (χ3n) is 0.493. The molecular weight excluding hydrogens is 250 g/mol. The number of hydrogen-bond acceptors (Lipinski definition) is 3. The van der Waals surface area contributed by atoms with Gasteiger partial charge in [0, 0.05) is 15.2 Å². The van der Waals surface area contributed by atoms with Gasteiger partial charge >= 0.3 is 9.24 Å². The summed E-state index contributed by atoms with van der Waals surface area (Å²) in [5.41, 5.74) is 0. The van der Waals surface area contributed by atoms with Gasteiger partial charge in [-0.05, 0) is 0 Å². The van der Waals surface area contributed by atoms with E-state index in [1.165, 1.54) is 6.07 Å². The highest BCUT2D eigenvalue weighted by atomic mass is 79.9. The number of halogens is 3. The molecule has 0 amide bonds. The Bertz CT molecular complexity index is 248. The van der Waals surface area contributed by atoms with Crippen molar-refractivity contribution in [2.24, 2.45) is 0 Å². The fourth-order valence-electron chi connectivity index (χ4n) is 0.156. The third kappa shape index (κ3) is 2.79. The zero-order chi connectivity index (χ0) is 8.36. The fraction of sp³-hybridized carbons (Fsp3) is 0.500. The minimum Gasteiger partial charge on any atom is -0.195 e. The first-order valence-corrected chi connectivity index (χ1v) is 5.01. The van der Waals surface area contributed by atoms with Crippen LogP contribution in [0, 0.1) is 11.3 Å². The van der Waals surface area contributed by atoms with Gasteiger partial charge in [0.1, 0.15) is 0 Å². The Hall–Kier alpha value is 0.1000. The summed E-state index contributed by atoms with van der Waals surface area (Å²) in [5, 5.41) is 7.97. The summed E-state index contributed by atoms with van der Waals surface area (Å²) in [6.07, 6.45) is 0. The summed E-state index contributed by atoms with van der Waals surface area (Å²) in [6, 6.07) is 1.28. The molecule has 0 aliphatic heterocycles. The van der Waals surface area contributed by atoms with Crippen LogP contribution in [0.1, 0.15) is 0 Å². The molecule has 0 heterocycles. The molecule has 1 atom stereocenters. The van der Waals surface area contributed by atoms with E-state index in [2.05, 4.69) is 26.6 Å². The van der Waals surface area contributed by atoms with Crippen molar-refractivity contribution in [1.29, 1.82) is 5.26 Å². The van der Waals surface area contributed by atoms with E-state index >= 15 is 0 Å². The molecule has 0 aromatic carbocycles. The van der Waals surface area contributed by atoms with E-state index in [4.69, 9.17) is 5.26 Å². The fourth-order valence-corrected chi connectivity index (χ4v) is 1.61. The predicted molar refractivity (Wildman–Crippen MR) is 36.0 cm³/mol. The molecule has 0 saturated heterocycles. The molecule has 0 fully saturated rings. The first-order valence-electron chi connectivity index (χ1n) is 1.83. The Morgan fingerprint density at radius 1 is 1.80 bits per heavy atom. The van der Waals surface area contributed by atoms with Crippen molar-refractivity contribution in [1.82, 2.24) is 4.53 Å². The van der Waals surface area contributed by atoms with Gasteiger partial charge in [-0.25, -0.2) is 0 Å². The minimum atomic E-state index is -4.44. The monoisotopic (exact) mass is 250 g/mol. The van der Waals surface area contributed by atoms with E-state index in [1.54, 1.807) is 0 Å². The van der Waals surface area contributed by atoms with E-state index in [-0.39, 0.29) is 0 Å². The SMILES string of the molecule is N#CC(Br)N(F)S(=O)(=O)Cl. The smallest absolute Gasteiger partial charge is 0.195 e. The van der Waals surface area contributed by atoms with Crippen LogP contribution in [0.4, 0.5) is 4.48 Å². The van der Waals surface area contributed by atoms with Gasteiger partial charge < -0.3 is 0 Å². The maximum Gasteiger partial charge on any atom is 0.328 e. The number of nitrogens with zero attached hydrogens (tertiary/aromatic N) is 2. The van der Waals surface area contributed by atoms with E-state index in [0.717, 1.165) is 0 Å². The molecule has 1 unspecified atom stereocenters. The third-order valence-corrected chi connectivity index (χ3v) is 2.35. The van der Waals surface area contributed by atoms with Crippen LogP contribution in [0.2, 0.25) is 0 Å². The van der Waals surface area contributed by atoms with Gasteiger partial charge in [-0.2, -0.15) is 13.7 Å². The van der Waals surface area contributed by atoms with E-state index in [9.17, 15) is 12.9 Å². The van der Waals surface area contributed by atoms with Crippen LogP contribution in [-0.2, 0) is 9.24 Å². The van der Waals surface area contributed by atoms with Crippen molar-refractivity contribution in [3.63, 3.8) is 0 Å². The van der Waals surface area contributed by atoms with Crippen LogP contribution in [0.3, 0.4) is 0 Å². The molecule has 0 aromatic heterocycles. The van der Waals surface area contributed by atoms with Gasteiger partial charge in [-0.15, -0.1) is 4.48 Å².